The molecule has 0 amide bonds. The maximum absolute atomic E-state index is 11.2. The number of rotatable bonds is 9. The monoisotopic (exact) mass is 360 g/mol. The molecule has 0 spiro atoms. The van der Waals surface area contributed by atoms with E-state index in [4.69, 9.17) is 4.74 Å². The zero-order valence-electron chi connectivity index (χ0n) is 16.5. The molecule has 0 aromatic heterocycles. The molecule has 4 heteroatoms. The lowest BCUT2D eigenvalue weighted by atomic mass is 9.98. The van der Waals surface area contributed by atoms with Crippen LogP contribution in [0.3, 0.4) is 0 Å². The molecule has 144 valence electrons. The van der Waals surface area contributed by atoms with E-state index in [0.717, 1.165) is 12.8 Å². The summed E-state index contributed by atoms with van der Waals surface area (Å²) in [6, 6.07) is 0. The topological polar surface area (TPSA) is 66.8 Å². The number of esters is 1. The summed E-state index contributed by atoms with van der Waals surface area (Å²) in [4.78, 5) is 11.2. The molecule has 0 aliphatic carbocycles. The number of carbonyl (C=O) groups is 1. The first-order valence-corrected chi connectivity index (χ1v) is 9.20. The Morgan fingerprint density at radius 3 is 2.38 bits per heavy atom. The molecule has 0 bridgehead atoms. The van der Waals surface area contributed by atoms with Crippen LogP contribution in [0.4, 0.5) is 0 Å². The van der Waals surface area contributed by atoms with E-state index in [0.29, 0.717) is 11.8 Å². The Morgan fingerprint density at radius 2 is 1.81 bits per heavy atom. The van der Waals surface area contributed by atoms with Gasteiger partial charge in [0.1, 0.15) is 6.10 Å². The highest BCUT2D eigenvalue weighted by Gasteiger charge is 2.41. The van der Waals surface area contributed by atoms with Gasteiger partial charge < -0.3 is 14.9 Å². The van der Waals surface area contributed by atoms with Crippen LogP contribution in [0.25, 0.3) is 0 Å². The highest BCUT2D eigenvalue weighted by molar-refractivity contribution is 5.89. The maximum atomic E-state index is 11.2. The number of allylic oxidation sites excluding steroid dienone is 7. The van der Waals surface area contributed by atoms with E-state index in [-0.39, 0.29) is 0 Å². The standard InChI is InChI=1S/C22H32O4/c1-6-16(2)11-9-12-18(4)14-17(3)10-7-8-13-20(24)22(5)15-19(23)21(25)26-22/h7-13,15-17,20,23-24H,6,14H2,1-5H3/b10-7+,11-9+,13-8?,18-12+/t16-,17-,20+,22+/m0/s1. The Bertz CT molecular complexity index is 624. The number of aliphatic hydroxyl groups is 2. The van der Waals surface area contributed by atoms with Crippen molar-refractivity contribution in [2.24, 2.45) is 11.8 Å². The van der Waals surface area contributed by atoms with Crippen molar-refractivity contribution in [3.8, 4) is 0 Å². The largest absolute Gasteiger partial charge is 0.502 e. The van der Waals surface area contributed by atoms with Crippen LogP contribution in [0.15, 0.2) is 59.9 Å². The van der Waals surface area contributed by atoms with Crippen molar-refractivity contribution in [2.75, 3.05) is 0 Å². The van der Waals surface area contributed by atoms with Gasteiger partial charge in [-0.1, -0.05) is 75.3 Å². The van der Waals surface area contributed by atoms with Crippen molar-refractivity contribution in [3.63, 3.8) is 0 Å². The molecule has 0 aromatic rings. The summed E-state index contributed by atoms with van der Waals surface area (Å²) < 4.78 is 5.00. The first kappa shape index (κ1) is 22.0. The second-order valence-corrected chi connectivity index (χ2v) is 7.28. The molecule has 1 aliphatic rings. The lowest BCUT2D eigenvalue weighted by molar-refractivity contribution is -0.153. The summed E-state index contributed by atoms with van der Waals surface area (Å²) in [7, 11) is 0. The van der Waals surface area contributed by atoms with Gasteiger partial charge in [0.15, 0.2) is 5.60 Å². The van der Waals surface area contributed by atoms with Crippen molar-refractivity contribution in [1.29, 1.82) is 0 Å². The van der Waals surface area contributed by atoms with Gasteiger partial charge in [0.25, 0.3) is 0 Å². The fraction of sp³-hybridized carbons (Fsp3) is 0.500. The normalized spacial score (nSPS) is 25.1. The predicted octanol–water partition coefficient (Wildman–Crippen LogP) is 4.79. The molecular formula is C22H32O4. The lowest BCUT2D eigenvalue weighted by Gasteiger charge is -2.24. The number of cyclic esters (lactones) is 1. The van der Waals surface area contributed by atoms with Gasteiger partial charge in [-0.05, 0) is 32.1 Å². The van der Waals surface area contributed by atoms with Crippen molar-refractivity contribution in [3.05, 3.63) is 59.9 Å². The molecule has 4 atom stereocenters. The van der Waals surface area contributed by atoms with Gasteiger partial charge in [0.2, 0.25) is 5.76 Å². The summed E-state index contributed by atoms with van der Waals surface area (Å²) in [5, 5.41) is 19.5. The summed E-state index contributed by atoms with van der Waals surface area (Å²) in [5.41, 5.74) is 0.0926. The van der Waals surface area contributed by atoms with Crippen molar-refractivity contribution < 1.29 is 19.7 Å². The summed E-state index contributed by atoms with van der Waals surface area (Å²) in [6.45, 7) is 10.2. The molecule has 0 fully saturated rings. The Labute approximate surface area is 157 Å². The first-order chi connectivity index (χ1) is 12.2. The minimum atomic E-state index is -1.22. The van der Waals surface area contributed by atoms with Crippen LogP contribution in [0, 0.1) is 11.8 Å². The minimum absolute atomic E-state index is 0.369. The number of hydrogen-bond donors (Lipinski definition) is 2. The first-order valence-electron chi connectivity index (χ1n) is 9.20. The van der Waals surface area contributed by atoms with Gasteiger partial charge in [-0.25, -0.2) is 4.79 Å². The molecule has 0 radical (unpaired) electrons. The molecule has 1 aliphatic heterocycles. The fourth-order valence-corrected chi connectivity index (χ4v) is 2.56. The van der Waals surface area contributed by atoms with Crippen molar-refractivity contribution in [2.45, 2.75) is 59.2 Å². The zero-order valence-corrected chi connectivity index (χ0v) is 16.5. The van der Waals surface area contributed by atoms with Crippen LogP contribution in [0.1, 0.15) is 47.5 Å². The Morgan fingerprint density at radius 1 is 1.19 bits per heavy atom. The molecule has 0 saturated heterocycles. The lowest BCUT2D eigenvalue weighted by Crippen LogP contribution is -2.37. The molecule has 26 heavy (non-hydrogen) atoms. The third-order valence-electron chi connectivity index (χ3n) is 4.48. The molecule has 4 nitrogen and oxygen atoms in total. The molecule has 1 rings (SSSR count). The average Bonchev–Trinajstić information content (AvgIpc) is 2.84. The number of carbonyl (C=O) groups excluding carboxylic acids is 1. The van der Waals surface area contributed by atoms with Crippen molar-refractivity contribution >= 4 is 5.97 Å². The van der Waals surface area contributed by atoms with Gasteiger partial charge in [-0.3, -0.25) is 0 Å². The Kier molecular flexibility index (Phi) is 8.59. The second kappa shape index (κ2) is 10.2. The number of hydrogen-bond acceptors (Lipinski definition) is 4. The quantitative estimate of drug-likeness (QED) is 0.458. The van der Waals surface area contributed by atoms with Crippen LogP contribution in [-0.2, 0) is 9.53 Å². The molecule has 0 unspecified atom stereocenters. The fourth-order valence-electron chi connectivity index (χ4n) is 2.56. The molecule has 0 saturated carbocycles. The number of ether oxygens (including phenoxy) is 1. The van der Waals surface area contributed by atoms with E-state index in [1.165, 1.54) is 11.6 Å². The van der Waals surface area contributed by atoms with E-state index < -0.39 is 23.4 Å². The van der Waals surface area contributed by atoms with Gasteiger partial charge in [-0.2, -0.15) is 0 Å². The Balaban J connectivity index is 2.50. The third-order valence-corrected chi connectivity index (χ3v) is 4.48. The Hall–Kier alpha value is -2.07. The highest BCUT2D eigenvalue weighted by atomic mass is 16.6. The van der Waals surface area contributed by atoms with E-state index in [1.807, 2.05) is 6.08 Å². The second-order valence-electron chi connectivity index (χ2n) is 7.28. The average molecular weight is 360 g/mol. The zero-order chi connectivity index (χ0) is 19.7. The van der Waals surface area contributed by atoms with E-state index in [1.54, 1.807) is 19.1 Å². The third kappa shape index (κ3) is 7.04. The van der Waals surface area contributed by atoms with Gasteiger partial charge >= 0.3 is 5.97 Å². The summed E-state index contributed by atoms with van der Waals surface area (Å²) in [5.74, 6) is -0.304. The van der Waals surface area contributed by atoms with Gasteiger partial charge in [0.05, 0.1) is 0 Å². The van der Waals surface area contributed by atoms with Crippen LogP contribution >= 0.6 is 0 Å². The summed E-state index contributed by atoms with van der Waals surface area (Å²) >= 11 is 0. The van der Waals surface area contributed by atoms with Crippen LogP contribution < -0.4 is 0 Å². The molecule has 2 N–H and O–H groups in total. The van der Waals surface area contributed by atoms with Gasteiger partial charge in [0, 0.05) is 6.08 Å². The smallest absolute Gasteiger partial charge is 0.374 e. The molecular weight excluding hydrogens is 328 g/mol. The van der Waals surface area contributed by atoms with Crippen LogP contribution in [0.5, 0.6) is 0 Å². The van der Waals surface area contributed by atoms with Crippen molar-refractivity contribution in [1.82, 2.24) is 0 Å². The van der Waals surface area contributed by atoms with Gasteiger partial charge in [-0.15, -0.1) is 0 Å². The highest BCUT2D eigenvalue weighted by Crippen LogP contribution is 2.27. The van der Waals surface area contributed by atoms with E-state index in [2.05, 4.69) is 52.0 Å². The van der Waals surface area contributed by atoms with Crippen LogP contribution in [0.2, 0.25) is 0 Å². The molecule has 0 aromatic carbocycles. The summed E-state index contributed by atoms with van der Waals surface area (Å²) in [6.07, 6.45) is 16.0. The van der Waals surface area contributed by atoms with E-state index >= 15 is 0 Å². The van der Waals surface area contributed by atoms with Crippen LogP contribution in [-0.4, -0.2) is 27.9 Å². The van der Waals surface area contributed by atoms with E-state index in [9.17, 15) is 15.0 Å². The minimum Gasteiger partial charge on any atom is -0.502 e. The SMILES string of the molecule is CC[C@H](C)/C=C/C=C(\C)C[C@@H](C)/C=C/C=C[C@@H](O)[C@@]1(C)C=C(O)C(=O)O1. The molecule has 1 heterocycles. The number of aliphatic hydroxyl groups excluding tert-OH is 2. The predicted molar refractivity (Wildman–Crippen MR) is 106 cm³/mol. The maximum Gasteiger partial charge on any atom is 0.374 e.